The summed E-state index contributed by atoms with van der Waals surface area (Å²) in [7, 11) is 0. The Morgan fingerprint density at radius 2 is 0.400 bits per heavy atom. The van der Waals surface area contributed by atoms with E-state index in [0.717, 1.165) is 91.9 Å². The molecule has 12 aromatic carbocycles. The largest absolute Gasteiger partial charge is 0.489 e. The molecule has 17 rings (SSSR count). The Labute approximate surface area is 695 Å². The predicted octanol–water partition coefficient (Wildman–Crippen LogP) is 19.1. The molecule has 0 atom stereocenters. The number of para-hydroxylation sites is 4. The summed E-state index contributed by atoms with van der Waals surface area (Å²) in [5.74, 6) is 2.67. The second kappa shape index (κ2) is 37.6. The summed E-state index contributed by atoms with van der Waals surface area (Å²) in [6, 6.07) is 78.4. The predicted molar refractivity (Wildman–Crippen MR) is 448 cm³/mol. The third-order valence-electron chi connectivity index (χ3n) is 22.4. The zero-order chi connectivity index (χ0) is 81.4. The monoisotopic (exact) mass is 1610 g/mol. The molecule has 4 heterocycles. The highest BCUT2D eigenvalue weighted by Gasteiger charge is 2.44. The number of aldehydes is 4. The van der Waals surface area contributed by atoms with Crippen molar-refractivity contribution >= 4 is 25.1 Å². The molecule has 0 amide bonds. The molecule has 0 saturated heterocycles. The molecule has 0 aromatic heterocycles. The lowest BCUT2D eigenvalue weighted by molar-refractivity contribution is 0.0797. The van der Waals surface area contributed by atoms with Crippen LogP contribution in [-0.4, -0.2) is 105 Å². The summed E-state index contributed by atoms with van der Waals surface area (Å²) in [5, 5.41) is 0. The van der Waals surface area contributed by atoms with Gasteiger partial charge < -0.3 is 75.8 Å². The van der Waals surface area contributed by atoms with Crippen molar-refractivity contribution in [3.63, 3.8) is 0 Å². The highest BCUT2D eigenvalue weighted by Crippen LogP contribution is 2.63. The standard InChI is InChI=1S/C100H88O20/c101-57-69-29-13-17-33-85(69)105-45-49-109-97-89-77-53-79-74(42-38-66-23-7-2-8-24-66)81-55-83-76(44-40-68-27-11-4-12-28-68)84-56-82-75(43-39-67-25-9-3-10-26-67)80-54-78(73(77)41-37-65-21-5-1-6-22-65)90(114-61-113-89)98(110-50-46-106-86-34-18-14-30-70(86)58-102)92(80)116-63-118-94(82)100(112-52-48-108-88-36-20-16-32-72(88)60-104)96(84)120-64-119-95(83)99(93(81)117-62-115-91(79)97)111-51-47-107-87-35-19-15-31-71(87)59-103/h1-36,53-60,73-76H,37-52,61-64H2. The zero-order valence-corrected chi connectivity index (χ0v) is 66.0. The number of benzene rings is 12. The van der Waals surface area contributed by atoms with Gasteiger partial charge in [0.05, 0.1) is 22.3 Å². The lowest BCUT2D eigenvalue weighted by Crippen LogP contribution is -2.25. The summed E-state index contributed by atoms with van der Waals surface area (Å²) in [6.07, 6.45) is 7.04. The summed E-state index contributed by atoms with van der Waals surface area (Å²) < 4.78 is 113. The van der Waals surface area contributed by atoms with E-state index in [9.17, 15) is 19.2 Å². The Bertz CT molecular complexity index is 4810. The Kier molecular flexibility index (Phi) is 24.6. The molecule has 0 fully saturated rings. The number of hydrogen-bond donors (Lipinski definition) is 0. The van der Waals surface area contributed by atoms with Crippen LogP contribution < -0.4 is 75.8 Å². The van der Waals surface area contributed by atoms with Crippen LogP contribution in [-0.2, 0) is 25.7 Å². The first kappa shape index (κ1) is 78.6. The third kappa shape index (κ3) is 17.1. The van der Waals surface area contributed by atoms with E-state index in [1.165, 1.54) is 0 Å². The molecular weight excluding hydrogens is 1520 g/mol. The van der Waals surface area contributed by atoms with Crippen molar-refractivity contribution < 1.29 is 95.0 Å². The number of aryl methyl sites for hydroxylation is 4. The minimum atomic E-state index is -0.654. The SMILES string of the molecule is O=Cc1ccccc1OCCOc1c2c3cc4c1OCOc1c(cc5c(c1OCCOc1ccccc1C=O)OCOc1c(cc6c(c1OCCOc1ccccc1C=O)OCOc1c(cc(c(c1OCCOc1ccccc1C=O)OCO2)C3CCc1ccccc1)C6CCc1ccccc1)C5CCc1ccccc1)C4CCc1ccccc1. The average molecular weight is 1610 g/mol. The van der Waals surface area contributed by atoms with Gasteiger partial charge in [-0.3, -0.25) is 19.2 Å². The van der Waals surface area contributed by atoms with Gasteiger partial charge in [0.25, 0.3) is 0 Å². The van der Waals surface area contributed by atoms with Gasteiger partial charge in [-0.05, 0) is 146 Å². The fourth-order valence-corrected chi connectivity index (χ4v) is 16.8. The smallest absolute Gasteiger partial charge is 0.231 e. The Balaban J connectivity index is 0.965. The van der Waals surface area contributed by atoms with E-state index in [-0.39, 0.29) is 75.9 Å². The zero-order valence-electron chi connectivity index (χ0n) is 66.0. The second-order valence-electron chi connectivity index (χ2n) is 29.5. The van der Waals surface area contributed by atoms with E-state index >= 15 is 0 Å². The number of carbonyl (C=O) groups is 4. The molecule has 1 aliphatic carbocycles. The van der Waals surface area contributed by atoms with Crippen LogP contribution in [0, 0.1) is 0 Å². The van der Waals surface area contributed by atoms with Gasteiger partial charge in [-0.15, -0.1) is 0 Å². The lowest BCUT2D eigenvalue weighted by atomic mass is 9.75. The van der Waals surface area contributed by atoms with Crippen LogP contribution >= 0.6 is 0 Å². The molecule has 608 valence electrons. The molecule has 12 aromatic rings. The molecule has 0 spiro atoms. The van der Waals surface area contributed by atoms with Gasteiger partial charge in [-0.1, -0.05) is 170 Å². The maximum Gasteiger partial charge on any atom is 0.231 e. The summed E-state index contributed by atoms with van der Waals surface area (Å²) in [6.45, 7) is -1.83. The molecule has 5 aliphatic rings. The van der Waals surface area contributed by atoms with Gasteiger partial charge >= 0.3 is 0 Å². The van der Waals surface area contributed by atoms with E-state index in [0.29, 0.717) is 143 Å². The molecule has 0 unspecified atom stereocenters. The molecule has 0 N–H and O–H groups in total. The van der Waals surface area contributed by atoms with Gasteiger partial charge in [0.2, 0.25) is 50.2 Å². The molecule has 20 nitrogen and oxygen atoms in total. The van der Waals surface area contributed by atoms with Crippen LogP contribution in [0.4, 0.5) is 0 Å². The summed E-state index contributed by atoms with van der Waals surface area (Å²) >= 11 is 0. The van der Waals surface area contributed by atoms with Gasteiger partial charge in [-0.2, -0.15) is 0 Å². The molecule has 0 radical (unpaired) electrons. The van der Waals surface area contributed by atoms with Crippen molar-refractivity contribution in [2.24, 2.45) is 0 Å². The van der Waals surface area contributed by atoms with Crippen molar-refractivity contribution in [3.8, 4) is 92.0 Å². The van der Waals surface area contributed by atoms with Gasteiger partial charge in [0.1, 0.15) is 75.9 Å². The summed E-state index contributed by atoms with van der Waals surface area (Å²) in [5.41, 5.74) is 11.6. The van der Waals surface area contributed by atoms with Crippen LogP contribution in [0.2, 0.25) is 0 Å². The summed E-state index contributed by atoms with van der Waals surface area (Å²) in [4.78, 5) is 50.0. The molecular formula is C100H88O20. The fourth-order valence-electron chi connectivity index (χ4n) is 16.8. The van der Waals surface area contributed by atoms with Crippen LogP contribution in [0.15, 0.2) is 243 Å². The van der Waals surface area contributed by atoms with Gasteiger partial charge in [-0.25, -0.2) is 0 Å². The van der Waals surface area contributed by atoms with Crippen molar-refractivity contribution in [2.75, 3.05) is 80.0 Å². The Hall–Kier alpha value is -13.9. The molecule has 0 saturated carbocycles. The third-order valence-corrected chi connectivity index (χ3v) is 22.4. The molecule has 4 aliphatic heterocycles. The van der Waals surface area contributed by atoms with Gasteiger partial charge in [0.15, 0.2) is 71.1 Å². The van der Waals surface area contributed by atoms with Crippen molar-refractivity contribution in [3.05, 3.63) is 332 Å². The first-order chi connectivity index (χ1) is 59.4. The van der Waals surface area contributed by atoms with E-state index in [1.54, 1.807) is 72.8 Å². The van der Waals surface area contributed by atoms with Crippen LogP contribution in [0.5, 0.6) is 92.0 Å². The van der Waals surface area contributed by atoms with E-state index in [1.807, 2.05) is 97.1 Å². The fraction of sp³-hybridized carbons (Fsp3) is 0.240. The normalized spacial score (nSPS) is 15.4. The first-order valence-electron chi connectivity index (χ1n) is 40.6. The van der Waals surface area contributed by atoms with Gasteiger partial charge in [0, 0.05) is 68.2 Å². The maximum absolute atomic E-state index is 12.5. The Morgan fingerprint density at radius 3 is 0.592 bits per heavy atom. The van der Waals surface area contributed by atoms with E-state index in [4.69, 9.17) is 75.8 Å². The molecule has 120 heavy (non-hydrogen) atoms. The second-order valence-corrected chi connectivity index (χ2v) is 29.5. The topological polar surface area (TPSA) is 216 Å². The average Bonchev–Trinajstić information content (AvgIpc) is 0.719. The Morgan fingerprint density at radius 1 is 0.225 bits per heavy atom. The minimum Gasteiger partial charge on any atom is -0.489 e. The van der Waals surface area contributed by atoms with Crippen molar-refractivity contribution in [1.82, 2.24) is 0 Å². The van der Waals surface area contributed by atoms with Crippen LogP contribution in [0.25, 0.3) is 0 Å². The van der Waals surface area contributed by atoms with Crippen LogP contribution in [0.3, 0.4) is 0 Å². The molecule has 20 heteroatoms. The number of rotatable bonds is 36. The number of ether oxygens (including phenoxy) is 16. The highest BCUT2D eigenvalue weighted by atomic mass is 16.7. The van der Waals surface area contributed by atoms with Crippen LogP contribution in [0.1, 0.15) is 158 Å². The highest BCUT2D eigenvalue weighted by molar-refractivity contribution is 5.81. The van der Waals surface area contributed by atoms with E-state index < -0.39 is 50.8 Å². The maximum atomic E-state index is 12.5. The van der Waals surface area contributed by atoms with Crippen molar-refractivity contribution in [1.29, 1.82) is 0 Å². The number of hydrogen-bond acceptors (Lipinski definition) is 20. The quantitative estimate of drug-likeness (QED) is 0.0263. The number of carbonyl (C=O) groups excluding carboxylic acids is 4. The van der Waals surface area contributed by atoms with E-state index in [2.05, 4.69) is 72.8 Å². The molecule has 16 bridgehead atoms. The minimum absolute atomic E-state index is 0.00581. The first-order valence-corrected chi connectivity index (χ1v) is 40.6. The lowest BCUT2D eigenvalue weighted by Gasteiger charge is -2.37. The van der Waals surface area contributed by atoms with Crippen molar-refractivity contribution in [2.45, 2.75) is 75.0 Å².